The van der Waals surface area contributed by atoms with Crippen molar-refractivity contribution in [2.45, 2.75) is 12.5 Å². The lowest BCUT2D eigenvalue weighted by molar-refractivity contribution is -0.142. The molecule has 20 heavy (non-hydrogen) atoms. The quantitative estimate of drug-likeness (QED) is 0.836. The Morgan fingerprint density at radius 3 is 2.55 bits per heavy atom. The lowest BCUT2D eigenvalue weighted by Gasteiger charge is -2.11. The molecule has 0 aliphatic carbocycles. The first kappa shape index (κ1) is 14.1. The summed E-state index contributed by atoms with van der Waals surface area (Å²) in [6.07, 6.45) is 0.710. The van der Waals surface area contributed by atoms with Gasteiger partial charge in [0, 0.05) is 0 Å². The van der Waals surface area contributed by atoms with E-state index < -0.39 is 12.0 Å². The topological polar surface area (TPSA) is 72.5 Å². The van der Waals surface area contributed by atoms with Gasteiger partial charge in [0.2, 0.25) is 0 Å². The number of ether oxygens (including phenoxy) is 1. The molecule has 1 unspecified atom stereocenters. The van der Waals surface area contributed by atoms with Gasteiger partial charge in [-0.1, -0.05) is 36.4 Å². The van der Waals surface area contributed by atoms with E-state index in [0.717, 1.165) is 16.7 Å². The number of esters is 1. The lowest BCUT2D eigenvalue weighted by atomic mass is 10.00. The second kappa shape index (κ2) is 6.21. The number of carbonyl (C=O) groups is 1. The van der Waals surface area contributed by atoms with Gasteiger partial charge in [-0.05, 0) is 35.2 Å². The number of aromatic hydroxyl groups is 1. The van der Waals surface area contributed by atoms with Crippen molar-refractivity contribution in [3.8, 4) is 5.75 Å². The van der Waals surface area contributed by atoms with E-state index in [1.807, 2.05) is 36.4 Å². The molecule has 2 aromatic rings. The fraction of sp³-hybridized carbons (Fsp3) is 0.188. The fourth-order valence-corrected chi connectivity index (χ4v) is 2.01. The molecule has 0 saturated heterocycles. The zero-order valence-corrected chi connectivity index (χ0v) is 11.2. The van der Waals surface area contributed by atoms with Gasteiger partial charge in [-0.2, -0.15) is 0 Å². The normalized spacial score (nSPS) is 11.9. The van der Waals surface area contributed by atoms with Crippen LogP contribution in [0.1, 0.15) is 22.7 Å². The van der Waals surface area contributed by atoms with E-state index >= 15 is 0 Å². The van der Waals surface area contributed by atoms with Gasteiger partial charge in [-0.15, -0.1) is 0 Å². The van der Waals surface area contributed by atoms with Crippen LogP contribution in [0, 0.1) is 0 Å². The van der Waals surface area contributed by atoms with Gasteiger partial charge in [0.15, 0.2) is 0 Å². The van der Waals surface area contributed by atoms with E-state index in [0.29, 0.717) is 6.42 Å². The van der Waals surface area contributed by atoms with E-state index in [2.05, 4.69) is 4.74 Å². The van der Waals surface area contributed by atoms with Crippen molar-refractivity contribution in [3.63, 3.8) is 0 Å². The molecule has 0 saturated carbocycles. The Balaban J connectivity index is 2.17. The molecule has 4 heteroatoms. The van der Waals surface area contributed by atoms with E-state index in [9.17, 15) is 9.90 Å². The van der Waals surface area contributed by atoms with Crippen LogP contribution < -0.4 is 5.73 Å². The van der Waals surface area contributed by atoms with Crippen molar-refractivity contribution in [3.05, 3.63) is 65.2 Å². The van der Waals surface area contributed by atoms with Crippen LogP contribution in [0.25, 0.3) is 0 Å². The van der Waals surface area contributed by atoms with Crippen LogP contribution in [0.15, 0.2) is 48.5 Å². The molecule has 1 atom stereocenters. The van der Waals surface area contributed by atoms with E-state index in [4.69, 9.17) is 5.73 Å². The van der Waals surface area contributed by atoms with Crippen molar-refractivity contribution >= 4 is 5.97 Å². The van der Waals surface area contributed by atoms with Crippen molar-refractivity contribution in [2.24, 2.45) is 5.73 Å². The minimum atomic E-state index is -0.764. The highest BCUT2D eigenvalue weighted by molar-refractivity contribution is 5.77. The first-order valence-corrected chi connectivity index (χ1v) is 6.30. The fourth-order valence-electron chi connectivity index (χ4n) is 2.01. The highest BCUT2D eigenvalue weighted by Crippen LogP contribution is 2.18. The molecule has 0 amide bonds. The number of phenols is 1. The smallest absolute Gasteiger partial charge is 0.327 e. The monoisotopic (exact) mass is 271 g/mol. The number of nitrogens with two attached hydrogens (primary N) is 1. The van der Waals surface area contributed by atoms with Gasteiger partial charge in [0.25, 0.3) is 0 Å². The lowest BCUT2D eigenvalue weighted by Crippen LogP contribution is -2.22. The molecule has 0 aromatic heterocycles. The maximum Gasteiger partial charge on any atom is 0.327 e. The third kappa shape index (κ3) is 3.36. The summed E-state index contributed by atoms with van der Waals surface area (Å²) in [5.74, 6) is -0.206. The van der Waals surface area contributed by atoms with E-state index in [1.165, 1.54) is 7.11 Å². The predicted octanol–water partition coefficient (Wildman–Crippen LogP) is 2.16. The van der Waals surface area contributed by atoms with Crippen LogP contribution in [0.2, 0.25) is 0 Å². The SMILES string of the molecule is COC(=O)C(N)c1cccc(Cc2ccc(O)cc2)c1. The molecule has 0 spiro atoms. The summed E-state index contributed by atoms with van der Waals surface area (Å²) < 4.78 is 4.65. The van der Waals surface area contributed by atoms with Crippen molar-refractivity contribution in [2.75, 3.05) is 7.11 Å². The minimum absolute atomic E-state index is 0.246. The maximum absolute atomic E-state index is 11.4. The Bertz CT molecular complexity index is 593. The van der Waals surface area contributed by atoms with Gasteiger partial charge in [-0.3, -0.25) is 4.79 Å². The molecule has 2 rings (SSSR count). The second-order valence-corrected chi connectivity index (χ2v) is 4.59. The molecule has 0 bridgehead atoms. The van der Waals surface area contributed by atoms with Gasteiger partial charge >= 0.3 is 5.97 Å². The molecular weight excluding hydrogens is 254 g/mol. The van der Waals surface area contributed by atoms with Crippen molar-refractivity contribution in [1.82, 2.24) is 0 Å². The second-order valence-electron chi connectivity index (χ2n) is 4.59. The summed E-state index contributed by atoms with van der Waals surface area (Å²) >= 11 is 0. The summed E-state index contributed by atoms with van der Waals surface area (Å²) in [6, 6.07) is 13.8. The highest BCUT2D eigenvalue weighted by atomic mass is 16.5. The number of phenolic OH excluding ortho intramolecular Hbond substituents is 1. The Labute approximate surface area is 117 Å². The zero-order chi connectivity index (χ0) is 14.5. The van der Waals surface area contributed by atoms with Gasteiger partial charge in [-0.25, -0.2) is 0 Å². The average Bonchev–Trinajstić information content (AvgIpc) is 2.48. The number of hydrogen-bond acceptors (Lipinski definition) is 4. The third-order valence-electron chi connectivity index (χ3n) is 3.11. The highest BCUT2D eigenvalue weighted by Gasteiger charge is 2.16. The predicted molar refractivity (Wildman–Crippen MR) is 76.3 cm³/mol. The first-order valence-electron chi connectivity index (χ1n) is 6.30. The molecule has 104 valence electrons. The summed E-state index contributed by atoms with van der Waals surface area (Å²) in [6.45, 7) is 0. The first-order chi connectivity index (χ1) is 9.60. The summed E-state index contributed by atoms with van der Waals surface area (Å²) in [5, 5.41) is 9.26. The number of hydrogen-bond donors (Lipinski definition) is 2. The van der Waals surface area contributed by atoms with Crippen LogP contribution in [0.4, 0.5) is 0 Å². The molecule has 2 aromatic carbocycles. The molecule has 0 radical (unpaired) electrons. The minimum Gasteiger partial charge on any atom is -0.508 e. The largest absolute Gasteiger partial charge is 0.508 e. The Morgan fingerprint density at radius 2 is 1.90 bits per heavy atom. The Morgan fingerprint density at radius 1 is 1.20 bits per heavy atom. The summed E-state index contributed by atoms with van der Waals surface area (Å²) in [5.41, 5.74) is 8.68. The molecule has 4 nitrogen and oxygen atoms in total. The molecular formula is C16H17NO3. The van der Waals surface area contributed by atoms with Gasteiger partial charge < -0.3 is 15.6 Å². The number of methoxy groups -OCH3 is 1. The Kier molecular flexibility index (Phi) is 4.38. The third-order valence-corrected chi connectivity index (χ3v) is 3.11. The standard InChI is InChI=1S/C16H17NO3/c1-20-16(19)15(17)13-4-2-3-12(10-13)9-11-5-7-14(18)8-6-11/h2-8,10,15,18H,9,17H2,1H3. The summed E-state index contributed by atoms with van der Waals surface area (Å²) in [4.78, 5) is 11.4. The maximum atomic E-state index is 11.4. The van der Waals surface area contributed by atoms with Crippen molar-refractivity contribution in [1.29, 1.82) is 0 Å². The molecule has 0 aliphatic heterocycles. The summed E-state index contributed by atoms with van der Waals surface area (Å²) in [7, 11) is 1.32. The van der Waals surface area contributed by atoms with Crippen LogP contribution in [-0.2, 0) is 16.0 Å². The zero-order valence-electron chi connectivity index (χ0n) is 11.2. The molecule has 0 aliphatic rings. The van der Waals surface area contributed by atoms with Gasteiger partial charge in [0.05, 0.1) is 7.11 Å². The van der Waals surface area contributed by atoms with Crippen LogP contribution >= 0.6 is 0 Å². The number of carbonyl (C=O) groups excluding carboxylic acids is 1. The molecule has 3 N–H and O–H groups in total. The van der Waals surface area contributed by atoms with Crippen LogP contribution in [0.3, 0.4) is 0 Å². The van der Waals surface area contributed by atoms with E-state index in [1.54, 1.807) is 12.1 Å². The van der Waals surface area contributed by atoms with Crippen LogP contribution in [-0.4, -0.2) is 18.2 Å². The van der Waals surface area contributed by atoms with Gasteiger partial charge in [0.1, 0.15) is 11.8 Å². The van der Waals surface area contributed by atoms with Crippen LogP contribution in [0.5, 0.6) is 5.75 Å². The Hall–Kier alpha value is -2.33. The average molecular weight is 271 g/mol. The van der Waals surface area contributed by atoms with Crippen molar-refractivity contribution < 1.29 is 14.6 Å². The number of benzene rings is 2. The number of rotatable bonds is 4. The molecule has 0 fully saturated rings. The molecule has 0 heterocycles. The van der Waals surface area contributed by atoms with E-state index in [-0.39, 0.29) is 5.75 Å².